The Kier molecular flexibility index (Phi) is 10.4. The van der Waals surface area contributed by atoms with Crippen molar-refractivity contribution >= 4 is 34.4 Å². The fourth-order valence-corrected chi connectivity index (χ4v) is 3.98. The van der Waals surface area contributed by atoms with Gasteiger partial charge in [0.2, 0.25) is 0 Å². The molecule has 0 saturated carbocycles. The first-order valence-electron chi connectivity index (χ1n) is 12.6. The zero-order valence-electron chi connectivity index (χ0n) is 22.3. The summed E-state index contributed by atoms with van der Waals surface area (Å²) in [5.74, 6) is -1.67. The number of hydrogen-bond donors (Lipinski definition) is 2. The predicted molar refractivity (Wildman–Crippen MR) is 147 cm³/mol. The molecule has 3 aromatic heterocycles. The Bertz CT molecular complexity index is 1570. The van der Waals surface area contributed by atoms with Gasteiger partial charge in [-0.1, -0.05) is 28.6 Å². The topological polar surface area (TPSA) is 142 Å². The van der Waals surface area contributed by atoms with Crippen LogP contribution in [0.5, 0.6) is 5.75 Å². The predicted octanol–water partition coefficient (Wildman–Crippen LogP) is 3.94. The molecule has 2 amide bonds. The quantitative estimate of drug-likeness (QED) is 0.120. The minimum atomic E-state index is -4.84. The van der Waals surface area contributed by atoms with Crippen molar-refractivity contribution in [3.05, 3.63) is 83.2 Å². The van der Waals surface area contributed by atoms with Crippen LogP contribution in [0, 0.1) is 0 Å². The molecular formula is C25H22F6IN9O3. The maximum atomic E-state index is 14.6. The van der Waals surface area contributed by atoms with Crippen LogP contribution in [0.1, 0.15) is 44.2 Å². The summed E-state index contributed by atoms with van der Waals surface area (Å²) in [4.78, 5) is 28.4. The number of aromatic nitrogens is 7. The van der Waals surface area contributed by atoms with Crippen LogP contribution in [0.4, 0.5) is 26.3 Å². The van der Waals surface area contributed by atoms with Gasteiger partial charge in [-0.15, -0.1) is 23.4 Å². The summed E-state index contributed by atoms with van der Waals surface area (Å²) in [6.45, 7) is -0.277. The van der Waals surface area contributed by atoms with E-state index in [0.29, 0.717) is 11.1 Å². The Morgan fingerprint density at radius 3 is 2.16 bits per heavy atom. The molecule has 0 aliphatic carbocycles. The van der Waals surface area contributed by atoms with E-state index < -0.39 is 39.7 Å². The summed E-state index contributed by atoms with van der Waals surface area (Å²) < 4.78 is 81.5. The second kappa shape index (κ2) is 14.0. The van der Waals surface area contributed by atoms with Gasteiger partial charge >= 0.3 is 10.3 Å². The lowest BCUT2D eigenvalue weighted by molar-refractivity contribution is -0.274. The fraction of sp³-hybridized carbons (Fsp3) is 0.320. The van der Waals surface area contributed by atoms with Gasteiger partial charge in [-0.25, -0.2) is 9.07 Å². The molecule has 0 bridgehead atoms. The molecule has 4 rings (SSSR count). The van der Waals surface area contributed by atoms with Gasteiger partial charge in [-0.05, 0) is 29.3 Å². The summed E-state index contributed by atoms with van der Waals surface area (Å²) in [5, 5.41) is 20.0. The van der Waals surface area contributed by atoms with Crippen LogP contribution in [0.15, 0.2) is 55.0 Å². The molecule has 2 N–H and O–H groups in total. The molecule has 1 atom stereocenters. The Morgan fingerprint density at radius 1 is 0.909 bits per heavy atom. The number of benzene rings is 1. The SMILES string of the molecule is O=C(NCc1cccc(OC(F)(F)F)c1)c1cn(CCC(F)Cn2cc(C(=O)NCc3ccc(C(F)(F)I)nc3)nn2)nn1. The Labute approximate surface area is 258 Å². The second-order valence-electron chi connectivity index (χ2n) is 9.19. The number of ether oxygens (including phenoxy) is 1. The van der Waals surface area contributed by atoms with Gasteiger partial charge in [0, 0.05) is 54.8 Å². The van der Waals surface area contributed by atoms with Crippen LogP contribution < -0.4 is 15.4 Å². The third-order valence-electron chi connectivity index (χ3n) is 5.75. The van der Waals surface area contributed by atoms with Gasteiger partial charge in [0.1, 0.15) is 17.6 Å². The van der Waals surface area contributed by atoms with E-state index in [2.05, 4.69) is 41.0 Å². The molecule has 3 heterocycles. The lowest BCUT2D eigenvalue weighted by atomic mass is 10.2. The number of carbonyl (C=O) groups excluding carboxylic acids is 2. The summed E-state index contributed by atoms with van der Waals surface area (Å²) in [6, 6.07) is 7.68. The number of rotatable bonds is 13. The Morgan fingerprint density at radius 2 is 1.55 bits per heavy atom. The second-order valence-corrected chi connectivity index (χ2v) is 10.5. The average Bonchev–Trinajstić information content (AvgIpc) is 3.63. The monoisotopic (exact) mass is 737 g/mol. The van der Waals surface area contributed by atoms with Crippen LogP contribution in [0.2, 0.25) is 0 Å². The van der Waals surface area contributed by atoms with E-state index in [1.54, 1.807) is 0 Å². The van der Waals surface area contributed by atoms with Crippen molar-refractivity contribution in [3.63, 3.8) is 0 Å². The minimum absolute atomic E-state index is 0.000447. The molecule has 0 spiro atoms. The molecule has 0 aliphatic rings. The highest BCUT2D eigenvalue weighted by atomic mass is 127. The van der Waals surface area contributed by atoms with Crippen molar-refractivity contribution in [1.82, 2.24) is 45.6 Å². The Balaban J connectivity index is 1.19. The number of aryl methyl sites for hydroxylation is 1. The third-order valence-corrected chi connectivity index (χ3v) is 6.31. The molecule has 0 aliphatic heterocycles. The van der Waals surface area contributed by atoms with Crippen molar-refractivity contribution in [2.24, 2.45) is 0 Å². The molecule has 234 valence electrons. The number of pyridine rings is 1. The number of alkyl halides is 7. The van der Waals surface area contributed by atoms with Gasteiger partial charge in [-0.3, -0.25) is 19.3 Å². The van der Waals surface area contributed by atoms with Gasteiger partial charge in [-0.2, -0.15) is 8.78 Å². The fourth-order valence-electron chi connectivity index (χ4n) is 3.67. The third kappa shape index (κ3) is 9.88. The maximum Gasteiger partial charge on any atom is 0.573 e. The highest BCUT2D eigenvalue weighted by Gasteiger charge is 2.31. The van der Waals surface area contributed by atoms with Crippen molar-refractivity contribution in [1.29, 1.82) is 0 Å². The maximum absolute atomic E-state index is 14.6. The summed E-state index contributed by atoms with van der Waals surface area (Å²) in [5.41, 5.74) is 0.275. The van der Waals surface area contributed by atoms with Crippen molar-refractivity contribution in [3.8, 4) is 5.75 Å². The van der Waals surface area contributed by atoms with Crippen molar-refractivity contribution in [2.45, 2.75) is 49.1 Å². The van der Waals surface area contributed by atoms with E-state index in [4.69, 9.17) is 0 Å². The van der Waals surface area contributed by atoms with Gasteiger partial charge < -0.3 is 15.4 Å². The highest BCUT2D eigenvalue weighted by Crippen LogP contribution is 2.33. The molecule has 1 aromatic carbocycles. The van der Waals surface area contributed by atoms with E-state index in [1.807, 2.05) is 0 Å². The number of halogens is 7. The molecule has 0 radical (unpaired) electrons. The smallest absolute Gasteiger partial charge is 0.406 e. The molecule has 12 nitrogen and oxygen atoms in total. The van der Waals surface area contributed by atoms with E-state index in [9.17, 15) is 35.9 Å². The molecule has 44 heavy (non-hydrogen) atoms. The van der Waals surface area contributed by atoms with E-state index >= 15 is 0 Å². The first kappa shape index (κ1) is 32.6. The van der Waals surface area contributed by atoms with E-state index in [-0.39, 0.29) is 44.0 Å². The highest BCUT2D eigenvalue weighted by molar-refractivity contribution is 14.1. The summed E-state index contributed by atoms with van der Waals surface area (Å²) >= 11 is 0.966. The molecular weight excluding hydrogens is 715 g/mol. The number of nitrogens with zero attached hydrogens (tertiary/aromatic N) is 7. The average molecular weight is 737 g/mol. The lowest BCUT2D eigenvalue weighted by Gasteiger charge is -2.10. The number of amides is 2. The van der Waals surface area contributed by atoms with Crippen molar-refractivity contribution in [2.75, 3.05) is 0 Å². The molecule has 0 fully saturated rings. The van der Waals surface area contributed by atoms with Crippen LogP contribution in [-0.2, 0) is 30.1 Å². The summed E-state index contributed by atoms with van der Waals surface area (Å²) in [6.07, 6.45) is -2.55. The van der Waals surface area contributed by atoms with Gasteiger partial charge in [0.25, 0.3) is 11.8 Å². The molecule has 4 aromatic rings. The van der Waals surface area contributed by atoms with Crippen LogP contribution in [0.3, 0.4) is 0 Å². The van der Waals surface area contributed by atoms with Crippen LogP contribution >= 0.6 is 22.6 Å². The first-order valence-corrected chi connectivity index (χ1v) is 13.7. The summed E-state index contributed by atoms with van der Waals surface area (Å²) in [7, 11) is 0. The minimum Gasteiger partial charge on any atom is -0.406 e. The van der Waals surface area contributed by atoms with E-state index in [1.165, 1.54) is 41.5 Å². The largest absolute Gasteiger partial charge is 0.573 e. The first-order chi connectivity index (χ1) is 20.7. The number of carbonyl (C=O) groups is 2. The molecule has 0 saturated heterocycles. The molecule has 1 unspecified atom stereocenters. The zero-order chi connectivity index (χ0) is 31.9. The number of nitrogens with one attached hydrogen (secondary N) is 2. The van der Waals surface area contributed by atoms with Gasteiger partial charge in [0.05, 0.1) is 18.9 Å². The van der Waals surface area contributed by atoms with Gasteiger partial charge in [0.15, 0.2) is 11.4 Å². The van der Waals surface area contributed by atoms with Crippen molar-refractivity contribution < 1.29 is 40.7 Å². The zero-order valence-corrected chi connectivity index (χ0v) is 24.5. The van der Waals surface area contributed by atoms with E-state index in [0.717, 1.165) is 45.5 Å². The molecule has 19 heteroatoms. The van der Waals surface area contributed by atoms with Crippen LogP contribution in [-0.4, -0.2) is 59.3 Å². The Hall–Kier alpha value is -4.30. The number of hydrogen-bond acceptors (Lipinski definition) is 8. The standard InChI is InChI=1S/C25H22F6IN9O3/c26-17(12-41-14-20(37-39-41)23(43)35-11-16-4-5-21(33-10-16)24(27,28)32)6-7-40-13-19(36-38-40)22(42)34-9-15-2-1-3-18(8-15)44-25(29,30)31/h1-5,8,10,13-14,17H,6-7,9,11-12H2,(H,34,42)(H,35,43). The lowest BCUT2D eigenvalue weighted by Crippen LogP contribution is -2.23. The normalized spacial score (nSPS) is 12.5. The van der Waals surface area contributed by atoms with Crippen LogP contribution in [0.25, 0.3) is 0 Å².